The van der Waals surface area contributed by atoms with Gasteiger partial charge in [-0.25, -0.2) is 0 Å². The number of rotatable bonds is 4. The molecule has 0 bridgehead atoms. The van der Waals surface area contributed by atoms with E-state index < -0.39 is 11.9 Å². The maximum atomic E-state index is 12.5. The number of anilines is 1. The van der Waals surface area contributed by atoms with Crippen LogP contribution >= 0.6 is 0 Å². The van der Waals surface area contributed by atoms with Crippen LogP contribution < -0.4 is 10.2 Å². The van der Waals surface area contributed by atoms with Gasteiger partial charge in [-0.1, -0.05) is 6.42 Å². The predicted molar refractivity (Wildman–Crippen MR) is 75.2 cm³/mol. The Morgan fingerprint density at radius 3 is 2.52 bits per heavy atom. The molecular weight excluding hydrogens is 281 g/mol. The molecule has 7 heteroatoms. The van der Waals surface area contributed by atoms with Crippen molar-refractivity contribution in [3.8, 4) is 0 Å². The zero-order valence-electron chi connectivity index (χ0n) is 12.3. The summed E-state index contributed by atoms with van der Waals surface area (Å²) in [4.78, 5) is 2.00. The topological polar surface area (TPSA) is 41.0 Å². The summed E-state index contributed by atoms with van der Waals surface area (Å²) < 4.78 is 37.6. The van der Waals surface area contributed by atoms with E-state index in [4.69, 9.17) is 0 Å². The lowest BCUT2D eigenvalue weighted by molar-refractivity contribution is -0.141. The normalized spacial score (nSPS) is 19.8. The summed E-state index contributed by atoms with van der Waals surface area (Å²) in [6, 6.07) is 2.90. The molecule has 0 radical (unpaired) electrons. The van der Waals surface area contributed by atoms with Crippen molar-refractivity contribution in [2.45, 2.75) is 51.4 Å². The molecule has 0 spiro atoms. The van der Waals surface area contributed by atoms with E-state index in [0.29, 0.717) is 11.9 Å². The van der Waals surface area contributed by atoms with Gasteiger partial charge in [0.15, 0.2) is 11.5 Å². The zero-order valence-corrected chi connectivity index (χ0v) is 12.3. The van der Waals surface area contributed by atoms with Crippen LogP contribution in [0.5, 0.6) is 0 Å². The fourth-order valence-electron chi connectivity index (χ4n) is 2.52. The first kappa shape index (κ1) is 16.0. The molecule has 1 aliphatic heterocycles. The minimum absolute atomic E-state index is 0.153. The lowest BCUT2D eigenvalue weighted by atomic mass is 10.0. The van der Waals surface area contributed by atoms with Crippen LogP contribution in [0.3, 0.4) is 0 Å². The monoisotopic (exact) mass is 302 g/mol. The summed E-state index contributed by atoms with van der Waals surface area (Å²) in [6.07, 6.45) is -1.00. The van der Waals surface area contributed by atoms with Crippen molar-refractivity contribution in [2.24, 2.45) is 0 Å². The van der Waals surface area contributed by atoms with Gasteiger partial charge in [-0.3, -0.25) is 0 Å². The molecule has 0 amide bonds. The molecule has 2 heterocycles. The molecule has 1 saturated heterocycles. The van der Waals surface area contributed by atoms with Crippen molar-refractivity contribution in [1.29, 1.82) is 0 Å². The second kappa shape index (κ2) is 6.60. The SMILES string of the molecule is CC(C)N(CC1CCCCN1)c1ccc(C(F)(F)F)nn1. The highest BCUT2D eigenvalue weighted by molar-refractivity contribution is 5.39. The Balaban J connectivity index is 2.10. The van der Waals surface area contributed by atoms with E-state index in [1.54, 1.807) is 0 Å². The number of hydrogen-bond acceptors (Lipinski definition) is 4. The van der Waals surface area contributed by atoms with Gasteiger partial charge in [0.1, 0.15) is 0 Å². The van der Waals surface area contributed by atoms with Crippen molar-refractivity contribution in [3.05, 3.63) is 17.8 Å². The van der Waals surface area contributed by atoms with Crippen LogP contribution in [0.25, 0.3) is 0 Å². The third-order valence-electron chi connectivity index (χ3n) is 3.69. The summed E-state index contributed by atoms with van der Waals surface area (Å²) in [6.45, 7) is 5.73. The molecule has 1 aromatic rings. The third-order valence-corrected chi connectivity index (χ3v) is 3.69. The summed E-state index contributed by atoms with van der Waals surface area (Å²) >= 11 is 0. The molecule has 21 heavy (non-hydrogen) atoms. The summed E-state index contributed by atoms with van der Waals surface area (Å²) in [5, 5.41) is 10.5. The fraction of sp³-hybridized carbons (Fsp3) is 0.714. The van der Waals surface area contributed by atoms with Gasteiger partial charge >= 0.3 is 6.18 Å². The molecule has 1 aromatic heterocycles. The van der Waals surface area contributed by atoms with Crippen molar-refractivity contribution in [2.75, 3.05) is 18.0 Å². The van der Waals surface area contributed by atoms with E-state index in [-0.39, 0.29) is 6.04 Å². The molecule has 0 aliphatic carbocycles. The Bertz CT molecular complexity index is 439. The van der Waals surface area contributed by atoms with Crippen LogP contribution in [0.15, 0.2) is 12.1 Å². The second-order valence-electron chi connectivity index (χ2n) is 5.67. The summed E-state index contributed by atoms with van der Waals surface area (Å²) in [7, 11) is 0. The Kier molecular flexibility index (Phi) is 5.03. The van der Waals surface area contributed by atoms with Gasteiger partial charge < -0.3 is 10.2 Å². The average molecular weight is 302 g/mol. The highest BCUT2D eigenvalue weighted by atomic mass is 19.4. The minimum Gasteiger partial charge on any atom is -0.351 e. The Morgan fingerprint density at radius 1 is 1.29 bits per heavy atom. The van der Waals surface area contributed by atoms with Crippen molar-refractivity contribution in [3.63, 3.8) is 0 Å². The van der Waals surface area contributed by atoms with Crippen molar-refractivity contribution >= 4 is 5.82 Å². The van der Waals surface area contributed by atoms with E-state index in [2.05, 4.69) is 15.5 Å². The maximum absolute atomic E-state index is 12.5. The summed E-state index contributed by atoms with van der Waals surface area (Å²) in [5.41, 5.74) is -0.953. The number of hydrogen-bond donors (Lipinski definition) is 1. The van der Waals surface area contributed by atoms with Gasteiger partial charge in [-0.2, -0.15) is 13.2 Å². The maximum Gasteiger partial charge on any atom is 0.435 e. The van der Waals surface area contributed by atoms with Crippen LogP contribution in [0.1, 0.15) is 38.8 Å². The standard InChI is InChI=1S/C14H21F3N4/c1-10(2)21(9-11-5-3-4-8-18-11)13-7-6-12(19-20-13)14(15,16)17/h6-7,10-11,18H,3-5,8-9H2,1-2H3. The third kappa shape index (κ3) is 4.30. The van der Waals surface area contributed by atoms with Crippen LogP contribution in [-0.4, -0.2) is 35.4 Å². The first-order chi connectivity index (χ1) is 9.88. The van der Waals surface area contributed by atoms with Gasteiger partial charge in [0.2, 0.25) is 0 Å². The largest absolute Gasteiger partial charge is 0.435 e. The van der Waals surface area contributed by atoms with Crippen LogP contribution in [0.2, 0.25) is 0 Å². The molecule has 4 nitrogen and oxygen atoms in total. The van der Waals surface area contributed by atoms with E-state index in [1.807, 2.05) is 18.7 Å². The lowest BCUT2D eigenvalue weighted by Gasteiger charge is -2.33. The molecular formula is C14H21F3N4. The van der Waals surface area contributed by atoms with E-state index in [1.165, 1.54) is 18.9 Å². The molecule has 0 saturated carbocycles. The number of nitrogens with zero attached hydrogens (tertiary/aromatic N) is 3. The Hall–Kier alpha value is -1.37. The molecule has 118 valence electrons. The van der Waals surface area contributed by atoms with Crippen LogP contribution in [0, 0.1) is 0 Å². The Morgan fingerprint density at radius 2 is 2.05 bits per heavy atom. The Labute approximate surface area is 122 Å². The minimum atomic E-state index is -4.45. The summed E-state index contributed by atoms with van der Waals surface area (Å²) in [5.74, 6) is 0.491. The number of halogens is 3. The molecule has 1 N–H and O–H groups in total. The number of nitrogens with one attached hydrogen (secondary N) is 1. The smallest absolute Gasteiger partial charge is 0.351 e. The van der Waals surface area contributed by atoms with E-state index >= 15 is 0 Å². The number of piperidine rings is 1. The molecule has 1 fully saturated rings. The second-order valence-corrected chi connectivity index (χ2v) is 5.67. The molecule has 2 rings (SSSR count). The van der Waals surface area contributed by atoms with Gasteiger partial charge in [0.25, 0.3) is 0 Å². The average Bonchev–Trinajstić information content (AvgIpc) is 2.45. The quantitative estimate of drug-likeness (QED) is 0.928. The molecule has 1 aliphatic rings. The first-order valence-electron chi connectivity index (χ1n) is 7.29. The van der Waals surface area contributed by atoms with E-state index in [9.17, 15) is 13.2 Å². The highest BCUT2D eigenvalue weighted by Crippen LogP contribution is 2.28. The lowest BCUT2D eigenvalue weighted by Crippen LogP contribution is -2.46. The fourth-order valence-corrected chi connectivity index (χ4v) is 2.52. The molecule has 0 aromatic carbocycles. The predicted octanol–water partition coefficient (Wildman–Crippen LogP) is 2.85. The van der Waals surface area contributed by atoms with Crippen LogP contribution in [-0.2, 0) is 6.18 Å². The van der Waals surface area contributed by atoms with Gasteiger partial charge in [-0.05, 0) is 45.4 Å². The molecule has 1 atom stereocenters. The molecule has 1 unspecified atom stereocenters. The van der Waals surface area contributed by atoms with Gasteiger partial charge in [0.05, 0.1) is 0 Å². The number of alkyl halides is 3. The van der Waals surface area contributed by atoms with Crippen molar-refractivity contribution < 1.29 is 13.2 Å². The van der Waals surface area contributed by atoms with E-state index in [0.717, 1.165) is 25.6 Å². The van der Waals surface area contributed by atoms with Gasteiger partial charge in [0, 0.05) is 18.6 Å². The first-order valence-corrected chi connectivity index (χ1v) is 7.29. The van der Waals surface area contributed by atoms with Gasteiger partial charge in [-0.15, -0.1) is 10.2 Å². The highest BCUT2D eigenvalue weighted by Gasteiger charge is 2.33. The zero-order chi connectivity index (χ0) is 15.5. The number of aromatic nitrogens is 2. The van der Waals surface area contributed by atoms with Crippen LogP contribution in [0.4, 0.5) is 19.0 Å². The van der Waals surface area contributed by atoms with Crippen molar-refractivity contribution in [1.82, 2.24) is 15.5 Å².